The topological polar surface area (TPSA) is 55.1 Å². The molecule has 0 heterocycles. The largest absolute Gasteiger partial charge is 0.352 e. The van der Waals surface area contributed by atoms with Crippen LogP contribution in [0.5, 0.6) is 0 Å². The van der Waals surface area contributed by atoms with Crippen molar-refractivity contribution in [3.63, 3.8) is 0 Å². The van der Waals surface area contributed by atoms with Crippen LogP contribution < -0.4 is 11.1 Å². The third-order valence-electron chi connectivity index (χ3n) is 3.77. The van der Waals surface area contributed by atoms with Crippen LogP contribution in [0, 0.1) is 23.4 Å². The van der Waals surface area contributed by atoms with Crippen LogP contribution >= 0.6 is 0 Å². The van der Waals surface area contributed by atoms with E-state index >= 15 is 0 Å². The lowest BCUT2D eigenvalue weighted by molar-refractivity contribution is 0.0936. The van der Waals surface area contributed by atoms with E-state index < -0.39 is 28.9 Å². The average molecular weight is 286 g/mol. The molecular formula is C14H17F3N2O. The molecule has 2 unspecified atom stereocenters. The fourth-order valence-corrected chi connectivity index (χ4v) is 2.51. The molecule has 1 aromatic rings. The van der Waals surface area contributed by atoms with Gasteiger partial charge in [-0.2, -0.15) is 0 Å². The van der Waals surface area contributed by atoms with E-state index in [1.165, 1.54) is 0 Å². The van der Waals surface area contributed by atoms with Crippen molar-refractivity contribution in [2.45, 2.75) is 31.7 Å². The summed E-state index contributed by atoms with van der Waals surface area (Å²) in [5.41, 5.74) is 5.45. The number of hydrogen-bond acceptors (Lipinski definition) is 2. The van der Waals surface area contributed by atoms with Crippen LogP contribution in [0.2, 0.25) is 0 Å². The first-order valence-corrected chi connectivity index (χ1v) is 6.68. The molecule has 3 nitrogen and oxygen atoms in total. The predicted octanol–water partition coefficient (Wildman–Crippen LogP) is 2.35. The summed E-state index contributed by atoms with van der Waals surface area (Å²) in [5, 5.41) is 2.54. The van der Waals surface area contributed by atoms with Crippen LogP contribution in [0.15, 0.2) is 12.1 Å². The maximum Gasteiger partial charge on any atom is 0.254 e. The van der Waals surface area contributed by atoms with Crippen LogP contribution in [0.3, 0.4) is 0 Å². The van der Waals surface area contributed by atoms with Crippen molar-refractivity contribution in [2.75, 3.05) is 6.54 Å². The molecule has 0 aliphatic heterocycles. The Hall–Kier alpha value is -1.56. The van der Waals surface area contributed by atoms with E-state index in [-0.39, 0.29) is 12.0 Å². The molecule has 0 bridgehead atoms. The molecule has 20 heavy (non-hydrogen) atoms. The lowest BCUT2D eigenvalue weighted by Crippen LogP contribution is -2.41. The molecule has 0 spiro atoms. The molecule has 2 atom stereocenters. The molecule has 1 aliphatic carbocycles. The van der Waals surface area contributed by atoms with Crippen molar-refractivity contribution in [3.05, 3.63) is 35.1 Å². The van der Waals surface area contributed by atoms with Gasteiger partial charge in [-0.25, -0.2) is 13.2 Å². The molecule has 1 saturated carbocycles. The zero-order chi connectivity index (χ0) is 14.7. The lowest BCUT2D eigenvalue weighted by atomic mass is 9.85. The van der Waals surface area contributed by atoms with Gasteiger partial charge in [-0.05, 0) is 30.9 Å². The number of nitrogens with two attached hydrogens (primary N) is 1. The minimum Gasteiger partial charge on any atom is -0.352 e. The van der Waals surface area contributed by atoms with E-state index in [1.54, 1.807) is 0 Å². The predicted molar refractivity (Wildman–Crippen MR) is 68.6 cm³/mol. The van der Waals surface area contributed by atoms with Crippen molar-refractivity contribution >= 4 is 5.91 Å². The summed E-state index contributed by atoms with van der Waals surface area (Å²) in [6.07, 6.45) is 3.93. The second-order valence-electron chi connectivity index (χ2n) is 5.14. The van der Waals surface area contributed by atoms with E-state index in [2.05, 4.69) is 5.32 Å². The fraction of sp³-hybridized carbons (Fsp3) is 0.500. The van der Waals surface area contributed by atoms with E-state index in [0.717, 1.165) is 37.8 Å². The van der Waals surface area contributed by atoms with Gasteiger partial charge in [-0.3, -0.25) is 4.79 Å². The summed E-state index contributed by atoms with van der Waals surface area (Å²) >= 11 is 0. The minimum atomic E-state index is -1.63. The number of benzene rings is 1. The molecule has 0 radical (unpaired) electrons. The van der Waals surface area contributed by atoms with Crippen LogP contribution in [-0.2, 0) is 0 Å². The van der Waals surface area contributed by atoms with Gasteiger partial charge in [-0.1, -0.05) is 12.8 Å². The highest BCUT2D eigenvalue weighted by Gasteiger charge is 2.24. The number of nitrogens with one attached hydrogen (secondary N) is 1. The minimum absolute atomic E-state index is 0.0128. The Morgan fingerprint density at radius 2 is 1.90 bits per heavy atom. The summed E-state index contributed by atoms with van der Waals surface area (Å²) in [6, 6.07) is 1.68. The number of amides is 1. The van der Waals surface area contributed by atoms with Gasteiger partial charge in [0, 0.05) is 12.6 Å². The Morgan fingerprint density at radius 1 is 1.20 bits per heavy atom. The maximum absolute atomic E-state index is 13.5. The molecule has 2 rings (SSSR count). The highest BCUT2D eigenvalue weighted by Crippen LogP contribution is 2.22. The summed E-state index contributed by atoms with van der Waals surface area (Å²) in [4.78, 5) is 11.8. The van der Waals surface area contributed by atoms with E-state index in [4.69, 9.17) is 5.73 Å². The Labute approximate surface area is 115 Å². The monoisotopic (exact) mass is 286 g/mol. The summed E-state index contributed by atoms with van der Waals surface area (Å²) in [5.74, 6) is -5.02. The van der Waals surface area contributed by atoms with Crippen LogP contribution in [0.1, 0.15) is 36.0 Å². The van der Waals surface area contributed by atoms with Gasteiger partial charge in [0.2, 0.25) is 0 Å². The fourth-order valence-electron chi connectivity index (χ4n) is 2.51. The number of halogens is 3. The molecule has 1 aliphatic rings. The van der Waals surface area contributed by atoms with Crippen LogP contribution in [0.4, 0.5) is 13.2 Å². The molecule has 6 heteroatoms. The Kier molecular flexibility index (Phi) is 4.65. The van der Waals surface area contributed by atoms with Gasteiger partial charge in [0.25, 0.3) is 5.91 Å². The van der Waals surface area contributed by atoms with Gasteiger partial charge in [0.05, 0.1) is 5.56 Å². The van der Waals surface area contributed by atoms with Crippen LogP contribution in [-0.4, -0.2) is 18.5 Å². The maximum atomic E-state index is 13.5. The van der Waals surface area contributed by atoms with Crippen molar-refractivity contribution in [3.8, 4) is 0 Å². The number of carbonyl (C=O) groups is 1. The average Bonchev–Trinajstić information content (AvgIpc) is 2.44. The molecule has 3 N–H and O–H groups in total. The number of carbonyl (C=O) groups excluding carboxylic acids is 1. The molecule has 0 aromatic heterocycles. The lowest BCUT2D eigenvalue weighted by Gasteiger charge is -2.28. The molecule has 0 saturated heterocycles. The second-order valence-corrected chi connectivity index (χ2v) is 5.14. The molecular weight excluding hydrogens is 269 g/mol. The van der Waals surface area contributed by atoms with E-state index in [9.17, 15) is 18.0 Å². The molecule has 1 amide bonds. The SMILES string of the molecule is NC1CCCCC1CNC(=O)c1ccc(F)c(F)c1F. The number of rotatable bonds is 3. The van der Waals surface area contributed by atoms with Gasteiger partial charge in [0.1, 0.15) is 0 Å². The first kappa shape index (κ1) is 14.8. The Morgan fingerprint density at radius 3 is 2.60 bits per heavy atom. The Balaban J connectivity index is 2.00. The summed E-state index contributed by atoms with van der Waals surface area (Å²) in [6.45, 7) is 0.318. The standard InChI is InChI=1S/C14H17F3N2O/c15-10-6-5-9(12(16)13(10)17)14(20)19-7-8-3-1-2-4-11(8)18/h5-6,8,11H,1-4,7,18H2,(H,19,20). The molecule has 1 fully saturated rings. The second kappa shape index (κ2) is 6.26. The smallest absolute Gasteiger partial charge is 0.254 e. The van der Waals surface area contributed by atoms with Crippen molar-refractivity contribution in [1.82, 2.24) is 5.32 Å². The van der Waals surface area contributed by atoms with Crippen molar-refractivity contribution < 1.29 is 18.0 Å². The van der Waals surface area contributed by atoms with E-state index in [1.807, 2.05) is 0 Å². The highest BCUT2D eigenvalue weighted by molar-refractivity contribution is 5.94. The van der Waals surface area contributed by atoms with Crippen molar-refractivity contribution in [1.29, 1.82) is 0 Å². The van der Waals surface area contributed by atoms with Gasteiger partial charge < -0.3 is 11.1 Å². The summed E-state index contributed by atoms with van der Waals surface area (Å²) in [7, 11) is 0. The molecule has 110 valence electrons. The van der Waals surface area contributed by atoms with Gasteiger partial charge in [-0.15, -0.1) is 0 Å². The normalized spacial score (nSPS) is 22.6. The van der Waals surface area contributed by atoms with Crippen molar-refractivity contribution in [2.24, 2.45) is 11.7 Å². The van der Waals surface area contributed by atoms with Gasteiger partial charge in [0.15, 0.2) is 17.5 Å². The quantitative estimate of drug-likeness (QED) is 0.838. The third-order valence-corrected chi connectivity index (χ3v) is 3.77. The zero-order valence-corrected chi connectivity index (χ0v) is 11.0. The Bertz CT molecular complexity index is 507. The molecule has 1 aromatic carbocycles. The van der Waals surface area contributed by atoms with E-state index in [0.29, 0.717) is 6.54 Å². The van der Waals surface area contributed by atoms with Crippen LogP contribution in [0.25, 0.3) is 0 Å². The highest BCUT2D eigenvalue weighted by atomic mass is 19.2. The summed E-state index contributed by atoms with van der Waals surface area (Å²) < 4.78 is 39.3. The first-order chi connectivity index (χ1) is 9.50. The first-order valence-electron chi connectivity index (χ1n) is 6.68. The zero-order valence-electron chi connectivity index (χ0n) is 11.0. The number of hydrogen-bond donors (Lipinski definition) is 2. The third kappa shape index (κ3) is 3.12. The van der Waals surface area contributed by atoms with Gasteiger partial charge >= 0.3 is 0 Å².